The summed E-state index contributed by atoms with van der Waals surface area (Å²) in [6, 6.07) is 0. The third-order valence-corrected chi connectivity index (χ3v) is 4.54. The van der Waals surface area contributed by atoms with Crippen LogP contribution < -0.4 is 0 Å². The Hall–Kier alpha value is -0.990. The molecule has 0 bridgehead atoms. The van der Waals surface area contributed by atoms with Gasteiger partial charge in [0.25, 0.3) is 0 Å². The van der Waals surface area contributed by atoms with Crippen LogP contribution in [-0.2, 0) is 0 Å². The van der Waals surface area contributed by atoms with E-state index in [0.717, 1.165) is 50.7 Å². The average Bonchev–Trinajstić information content (AvgIpc) is 2.60. The minimum atomic E-state index is 0.277. The van der Waals surface area contributed by atoms with E-state index in [0.29, 0.717) is 5.25 Å². The smallest absolute Gasteiger partial charge is 0.0553 e. The highest BCUT2D eigenvalue weighted by molar-refractivity contribution is 7.99. The molecule has 24 heavy (non-hydrogen) atoms. The van der Waals surface area contributed by atoms with Crippen LogP contribution in [0.4, 0.5) is 0 Å². The molecule has 0 aliphatic carbocycles. The Morgan fingerprint density at radius 2 is 1.21 bits per heavy atom. The van der Waals surface area contributed by atoms with Crippen LogP contribution in [0.15, 0.2) is 60.8 Å². The monoisotopic (exact) mass is 348 g/mol. The molecule has 0 radical (unpaired) electrons. The lowest BCUT2D eigenvalue weighted by Gasteiger charge is -2.08. The van der Waals surface area contributed by atoms with E-state index < -0.39 is 0 Å². The van der Waals surface area contributed by atoms with Gasteiger partial charge in [0.2, 0.25) is 0 Å². The fraction of sp³-hybridized carbons (Fsp3) is 0.545. The normalized spacial score (nSPS) is 14.3. The van der Waals surface area contributed by atoms with Crippen molar-refractivity contribution in [3.8, 4) is 0 Å². The number of allylic oxidation sites excluding steroid dienone is 10. The summed E-state index contributed by atoms with van der Waals surface area (Å²) in [5.41, 5.74) is 0. The van der Waals surface area contributed by atoms with Crippen molar-refractivity contribution in [2.75, 3.05) is 12.4 Å². The number of aliphatic hydroxyl groups is 1. The van der Waals surface area contributed by atoms with E-state index in [1.807, 2.05) is 11.8 Å². The van der Waals surface area contributed by atoms with Gasteiger partial charge in [-0.3, -0.25) is 0 Å². The lowest BCUT2D eigenvalue weighted by molar-refractivity contribution is 0.295. The minimum Gasteiger partial charge on any atom is -0.395 e. The highest BCUT2D eigenvalue weighted by Gasteiger charge is 2.02. The number of hydrogen-bond donors (Lipinski definition) is 1. The van der Waals surface area contributed by atoms with Crippen molar-refractivity contribution in [2.24, 2.45) is 0 Å². The van der Waals surface area contributed by atoms with Crippen LogP contribution in [0.3, 0.4) is 0 Å². The van der Waals surface area contributed by atoms with Crippen LogP contribution in [0, 0.1) is 0 Å². The van der Waals surface area contributed by atoms with Gasteiger partial charge in [0, 0.05) is 5.25 Å². The Kier molecular flexibility index (Phi) is 19.2. The highest BCUT2D eigenvalue weighted by atomic mass is 32.2. The predicted molar refractivity (Wildman–Crippen MR) is 113 cm³/mol. The molecule has 0 aromatic carbocycles. The van der Waals surface area contributed by atoms with Crippen molar-refractivity contribution >= 4 is 11.8 Å². The average molecular weight is 349 g/mol. The molecule has 0 rings (SSSR count). The second kappa shape index (κ2) is 20.1. The Bertz CT molecular complexity index is 391. The Balaban J connectivity index is 3.55. The van der Waals surface area contributed by atoms with E-state index in [4.69, 9.17) is 0 Å². The molecular weight excluding hydrogens is 312 g/mol. The van der Waals surface area contributed by atoms with Gasteiger partial charge in [-0.1, -0.05) is 74.6 Å². The second-order valence-corrected chi connectivity index (χ2v) is 7.12. The predicted octanol–water partition coefficient (Wildman–Crippen LogP) is 6.63. The molecule has 1 atom stereocenters. The maximum absolute atomic E-state index is 9.20. The lowest BCUT2D eigenvalue weighted by atomic mass is 10.2. The van der Waals surface area contributed by atoms with Crippen LogP contribution in [0.1, 0.15) is 58.8 Å². The molecule has 1 nitrogen and oxygen atoms in total. The zero-order valence-corrected chi connectivity index (χ0v) is 16.4. The van der Waals surface area contributed by atoms with Gasteiger partial charge in [-0.2, -0.15) is 11.8 Å². The maximum atomic E-state index is 9.20. The number of hydrogen-bond acceptors (Lipinski definition) is 2. The molecule has 0 fully saturated rings. The van der Waals surface area contributed by atoms with E-state index >= 15 is 0 Å². The molecule has 1 unspecified atom stereocenters. The molecule has 0 saturated carbocycles. The summed E-state index contributed by atoms with van der Waals surface area (Å²) < 4.78 is 0. The zero-order valence-electron chi connectivity index (χ0n) is 15.6. The number of aliphatic hydroxyl groups excluding tert-OH is 1. The quantitative estimate of drug-likeness (QED) is 0.265. The van der Waals surface area contributed by atoms with Crippen LogP contribution in [0.5, 0.6) is 0 Å². The van der Waals surface area contributed by atoms with Gasteiger partial charge < -0.3 is 5.11 Å². The molecule has 0 amide bonds. The van der Waals surface area contributed by atoms with E-state index in [-0.39, 0.29) is 6.61 Å². The number of rotatable bonds is 15. The van der Waals surface area contributed by atoms with Crippen molar-refractivity contribution in [1.82, 2.24) is 0 Å². The van der Waals surface area contributed by atoms with Crippen LogP contribution >= 0.6 is 11.8 Å². The lowest BCUT2D eigenvalue weighted by Crippen LogP contribution is -2.07. The molecule has 0 spiro atoms. The number of thioether (sulfide) groups is 1. The summed E-state index contributed by atoms with van der Waals surface area (Å²) in [4.78, 5) is 0. The second-order valence-electron chi connectivity index (χ2n) is 5.55. The first-order valence-corrected chi connectivity index (χ1v) is 10.4. The Labute approximate surface area is 154 Å². The Morgan fingerprint density at radius 3 is 1.71 bits per heavy atom. The zero-order chi connectivity index (χ0) is 17.7. The minimum absolute atomic E-state index is 0.277. The summed E-state index contributed by atoms with van der Waals surface area (Å²) in [5, 5.41) is 9.57. The van der Waals surface area contributed by atoms with Gasteiger partial charge in [-0.25, -0.2) is 0 Å². The fourth-order valence-electron chi connectivity index (χ4n) is 2.09. The summed E-state index contributed by atoms with van der Waals surface area (Å²) in [5.74, 6) is 1.07. The third-order valence-electron chi connectivity index (χ3n) is 3.39. The number of unbranched alkanes of at least 4 members (excludes halogenated alkanes) is 1. The largest absolute Gasteiger partial charge is 0.395 e. The van der Waals surface area contributed by atoms with Gasteiger partial charge in [-0.05, 0) is 50.7 Å². The van der Waals surface area contributed by atoms with Crippen LogP contribution in [0.2, 0.25) is 0 Å². The molecular formula is C22H36OS. The molecule has 0 heterocycles. The SMILES string of the molecule is CCC=CCC=CCC=CCC=CCCC=CCC(CO)SCC. The van der Waals surface area contributed by atoms with Gasteiger partial charge in [-0.15, -0.1) is 0 Å². The topological polar surface area (TPSA) is 20.2 Å². The molecule has 1 N–H and O–H groups in total. The van der Waals surface area contributed by atoms with Gasteiger partial charge in [0.05, 0.1) is 6.61 Å². The van der Waals surface area contributed by atoms with Crippen molar-refractivity contribution in [1.29, 1.82) is 0 Å². The van der Waals surface area contributed by atoms with E-state index in [1.165, 1.54) is 0 Å². The van der Waals surface area contributed by atoms with Gasteiger partial charge >= 0.3 is 0 Å². The van der Waals surface area contributed by atoms with Crippen LogP contribution in [0.25, 0.3) is 0 Å². The van der Waals surface area contributed by atoms with Crippen molar-refractivity contribution in [3.05, 3.63) is 60.8 Å². The standard InChI is InChI=1S/C22H36OS/c1-3-5-6-7-8-9-10-11-12-13-14-15-16-17-18-19-20-22(21-23)24-4-2/h5-6,8-9,11-12,14-15,18-19,22-23H,3-4,7,10,13,16-17,20-21H2,1-2H3. The fourth-order valence-corrected chi connectivity index (χ4v) is 2.91. The summed E-state index contributed by atoms with van der Waals surface area (Å²) >= 11 is 1.83. The molecule has 0 saturated heterocycles. The molecule has 136 valence electrons. The van der Waals surface area contributed by atoms with Crippen molar-refractivity contribution < 1.29 is 5.11 Å². The molecule has 0 aliphatic heterocycles. The van der Waals surface area contributed by atoms with E-state index in [2.05, 4.69) is 74.6 Å². The van der Waals surface area contributed by atoms with Crippen LogP contribution in [-0.4, -0.2) is 22.7 Å². The first-order chi connectivity index (χ1) is 11.8. The summed E-state index contributed by atoms with van der Waals surface area (Å²) in [6.07, 6.45) is 29.6. The van der Waals surface area contributed by atoms with Gasteiger partial charge in [0.1, 0.15) is 0 Å². The first-order valence-electron chi connectivity index (χ1n) is 9.32. The van der Waals surface area contributed by atoms with Crippen molar-refractivity contribution in [2.45, 2.75) is 64.0 Å². The van der Waals surface area contributed by atoms with E-state index in [1.54, 1.807) is 0 Å². The van der Waals surface area contributed by atoms with Crippen molar-refractivity contribution in [3.63, 3.8) is 0 Å². The summed E-state index contributed by atoms with van der Waals surface area (Å²) in [7, 11) is 0. The molecule has 0 aromatic heterocycles. The molecule has 2 heteroatoms. The van der Waals surface area contributed by atoms with E-state index in [9.17, 15) is 5.11 Å². The maximum Gasteiger partial charge on any atom is 0.0553 e. The highest BCUT2D eigenvalue weighted by Crippen LogP contribution is 2.14. The summed E-state index contributed by atoms with van der Waals surface area (Å²) in [6.45, 7) is 4.57. The van der Waals surface area contributed by atoms with Gasteiger partial charge in [0.15, 0.2) is 0 Å². The molecule has 0 aromatic rings. The molecule has 0 aliphatic rings. The third kappa shape index (κ3) is 17.4. The Morgan fingerprint density at radius 1 is 0.708 bits per heavy atom. The first kappa shape index (κ1) is 23.0.